The number of nitrogens with one attached hydrogen (secondary N) is 1. The first-order chi connectivity index (χ1) is 13.7. The van der Waals surface area contributed by atoms with Crippen LogP contribution in [0, 0.1) is 6.92 Å². The second-order valence-electron chi connectivity index (χ2n) is 6.80. The van der Waals surface area contributed by atoms with Crippen LogP contribution in [0.1, 0.15) is 5.56 Å². The minimum absolute atomic E-state index is 0.490. The molecule has 3 aromatic rings. The molecule has 4 rings (SSSR count). The number of methoxy groups -OCH3 is 1. The van der Waals surface area contributed by atoms with Gasteiger partial charge in [0.1, 0.15) is 5.75 Å². The summed E-state index contributed by atoms with van der Waals surface area (Å²) in [4.78, 5) is 9.30. The summed E-state index contributed by atoms with van der Waals surface area (Å²) in [6.45, 7) is 5.83. The van der Waals surface area contributed by atoms with Gasteiger partial charge in [-0.25, -0.2) is 0 Å². The van der Waals surface area contributed by atoms with Crippen molar-refractivity contribution in [3.05, 3.63) is 60.3 Å². The van der Waals surface area contributed by atoms with Gasteiger partial charge in [0, 0.05) is 37.6 Å². The van der Waals surface area contributed by atoms with E-state index < -0.39 is 0 Å². The largest absolute Gasteiger partial charge is 0.497 e. The van der Waals surface area contributed by atoms with Crippen molar-refractivity contribution in [2.75, 3.05) is 48.4 Å². The Hall–Kier alpha value is -3.35. The highest BCUT2D eigenvalue weighted by atomic mass is 16.5. The van der Waals surface area contributed by atoms with Crippen LogP contribution < -0.4 is 19.9 Å². The van der Waals surface area contributed by atoms with Crippen molar-refractivity contribution in [1.82, 2.24) is 15.2 Å². The SMILES string of the molecule is COc1ccc(Nc2nncc(N3CCN(c4cccc(C)c4)CC3)n2)cc1. The summed E-state index contributed by atoms with van der Waals surface area (Å²) >= 11 is 0. The van der Waals surface area contributed by atoms with Crippen molar-refractivity contribution in [2.24, 2.45) is 0 Å². The second-order valence-corrected chi connectivity index (χ2v) is 6.80. The predicted molar refractivity (Wildman–Crippen MR) is 112 cm³/mol. The minimum atomic E-state index is 0.490. The summed E-state index contributed by atoms with van der Waals surface area (Å²) in [5.74, 6) is 2.14. The van der Waals surface area contributed by atoms with Crippen LogP contribution in [-0.2, 0) is 0 Å². The van der Waals surface area contributed by atoms with Crippen LogP contribution >= 0.6 is 0 Å². The first-order valence-electron chi connectivity index (χ1n) is 9.38. The highest BCUT2D eigenvalue weighted by Crippen LogP contribution is 2.22. The summed E-state index contributed by atoms with van der Waals surface area (Å²) in [6, 6.07) is 16.3. The molecule has 0 spiro atoms. The van der Waals surface area contributed by atoms with E-state index in [2.05, 4.69) is 61.5 Å². The summed E-state index contributed by atoms with van der Waals surface area (Å²) in [5, 5.41) is 11.4. The van der Waals surface area contributed by atoms with Gasteiger partial charge in [0.2, 0.25) is 5.95 Å². The minimum Gasteiger partial charge on any atom is -0.497 e. The lowest BCUT2D eigenvalue weighted by Gasteiger charge is -2.36. The van der Waals surface area contributed by atoms with E-state index in [-0.39, 0.29) is 0 Å². The van der Waals surface area contributed by atoms with Crippen molar-refractivity contribution in [3.63, 3.8) is 0 Å². The summed E-state index contributed by atoms with van der Waals surface area (Å²) < 4.78 is 5.18. The first kappa shape index (κ1) is 18.0. The Morgan fingerprint density at radius 2 is 1.71 bits per heavy atom. The zero-order chi connectivity index (χ0) is 19.3. The topological polar surface area (TPSA) is 66.4 Å². The van der Waals surface area contributed by atoms with Crippen LogP contribution in [0.2, 0.25) is 0 Å². The van der Waals surface area contributed by atoms with Crippen LogP contribution in [-0.4, -0.2) is 48.5 Å². The van der Waals surface area contributed by atoms with Crippen LogP contribution in [0.15, 0.2) is 54.7 Å². The molecule has 1 fully saturated rings. The predicted octanol–water partition coefficient (Wildman–Crippen LogP) is 3.26. The van der Waals surface area contributed by atoms with Gasteiger partial charge in [0.25, 0.3) is 0 Å². The standard InChI is InChI=1S/C21H24N6O/c1-16-4-3-5-18(14-16)26-10-12-27(13-11-26)20-15-22-25-21(24-20)23-17-6-8-19(28-2)9-7-17/h3-9,14-15H,10-13H2,1-2H3,(H,23,24,25). The number of aryl methyl sites for hydroxylation is 1. The Morgan fingerprint density at radius 3 is 2.43 bits per heavy atom. The number of aromatic nitrogens is 3. The van der Waals surface area contributed by atoms with Gasteiger partial charge >= 0.3 is 0 Å². The van der Waals surface area contributed by atoms with Gasteiger partial charge in [-0.15, -0.1) is 5.10 Å². The Morgan fingerprint density at radius 1 is 0.964 bits per heavy atom. The lowest BCUT2D eigenvalue weighted by Crippen LogP contribution is -2.47. The maximum atomic E-state index is 5.18. The maximum Gasteiger partial charge on any atom is 0.249 e. The third-order valence-corrected chi connectivity index (χ3v) is 4.86. The molecule has 144 valence electrons. The summed E-state index contributed by atoms with van der Waals surface area (Å²) in [5.41, 5.74) is 3.46. The van der Waals surface area contributed by atoms with Gasteiger partial charge in [-0.05, 0) is 48.9 Å². The van der Waals surface area contributed by atoms with E-state index in [4.69, 9.17) is 4.74 Å². The summed E-state index contributed by atoms with van der Waals surface area (Å²) in [7, 11) is 1.65. The number of anilines is 4. The fraction of sp³-hybridized carbons (Fsp3) is 0.286. The quantitative estimate of drug-likeness (QED) is 0.733. The third kappa shape index (κ3) is 4.14. The Balaban J connectivity index is 1.40. The van der Waals surface area contributed by atoms with Crippen LogP contribution in [0.4, 0.5) is 23.1 Å². The fourth-order valence-corrected chi connectivity index (χ4v) is 3.32. The average molecular weight is 376 g/mol. The van der Waals surface area contributed by atoms with Crippen LogP contribution in [0.25, 0.3) is 0 Å². The molecular weight excluding hydrogens is 352 g/mol. The van der Waals surface area contributed by atoms with Crippen LogP contribution in [0.3, 0.4) is 0 Å². The molecule has 0 aliphatic carbocycles. The molecule has 1 aromatic heterocycles. The van der Waals surface area contributed by atoms with E-state index in [1.165, 1.54) is 11.3 Å². The highest BCUT2D eigenvalue weighted by Gasteiger charge is 2.19. The smallest absolute Gasteiger partial charge is 0.249 e. The molecule has 0 atom stereocenters. The zero-order valence-electron chi connectivity index (χ0n) is 16.2. The van der Waals surface area contributed by atoms with E-state index in [0.717, 1.165) is 43.4 Å². The molecule has 0 unspecified atom stereocenters. The maximum absolute atomic E-state index is 5.18. The van der Waals surface area contributed by atoms with Crippen molar-refractivity contribution in [1.29, 1.82) is 0 Å². The third-order valence-electron chi connectivity index (χ3n) is 4.86. The number of nitrogens with zero attached hydrogens (tertiary/aromatic N) is 5. The highest BCUT2D eigenvalue weighted by molar-refractivity contribution is 5.56. The van der Waals surface area contributed by atoms with Gasteiger partial charge < -0.3 is 19.9 Å². The van der Waals surface area contributed by atoms with Crippen molar-refractivity contribution >= 4 is 23.1 Å². The van der Waals surface area contributed by atoms with E-state index in [1.807, 2.05) is 24.3 Å². The molecule has 2 aromatic carbocycles. The van der Waals surface area contributed by atoms with Crippen LogP contribution in [0.5, 0.6) is 5.75 Å². The zero-order valence-corrected chi connectivity index (χ0v) is 16.2. The van der Waals surface area contributed by atoms with Gasteiger partial charge in [-0.3, -0.25) is 0 Å². The molecular formula is C21H24N6O. The van der Waals surface area contributed by atoms with Gasteiger partial charge in [0.05, 0.1) is 13.3 Å². The fourth-order valence-electron chi connectivity index (χ4n) is 3.32. The normalized spacial score (nSPS) is 14.1. The Labute approximate surface area is 165 Å². The molecule has 0 bridgehead atoms. The first-order valence-corrected chi connectivity index (χ1v) is 9.38. The van der Waals surface area contributed by atoms with Gasteiger partial charge in [0.15, 0.2) is 5.82 Å². The van der Waals surface area contributed by atoms with Crippen molar-refractivity contribution < 1.29 is 4.74 Å². The van der Waals surface area contributed by atoms with Crippen molar-refractivity contribution in [3.8, 4) is 5.75 Å². The monoisotopic (exact) mass is 376 g/mol. The molecule has 28 heavy (non-hydrogen) atoms. The van der Waals surface area contributed by atoms with E-state index in [9.17, 15) is 0 Å². The molecule has 1 aliphatic rings. The summed E-state index contributed by atoms with van der Waals surface area (Å²) in [6.07, 6.45) is 1.72. The number of hydrogen-bond donors (Lipinski definition) is 1. The number of rotatable bonds is 5. The number of hydrogen-bond acceptors (Lipinski definition) is 7. The van der Waals surface area contributed by atoms with Gasteiger partial charge in [-0.1, -0.05) is 12.1 Å². The molecule has 2 heterocycles. The molecule has 7 heteroatoms. The van der Waals surface area contributed by atoms with Gasteiger partial charge in [-0.2, -0.15) is 10.1 Å². The molecule has 0 saturated carbocycles. The molecule has 1 aliphatic heterocycles. The van der Waals surface area contributed by atoms with E-state index in [1.54, 1.807) is 13.3 Å². The molecule has 7 nitrogen and oxygen atoms in total. The van der Waals surface area contributed by atoms with Crippen molar-refractivity contribution in [2.45, 2.75) is 6.92 Å². The number of ether oxygens (including phenoxy) is 1. The molecule has 1 N–H and O–H groups in total. The molecule has 0 amide bonds. The number of piperazine rings is 1. The van der Waals surface area contributed by atoms with E-state index >= 15 is 0 Å². The molecule has 0 radical (unpaired) electrons. The Kier molecular flexibility index (Phi) is 5.23. The lowest BCUT2D eigenvalue weighted by molar-refractivity contribution is 0.415. The second kappa shape index (κ2) is 8.12. The lowest BCUT2D eigenvalue weighted by atomic mass is 10.2. The Bertz CT molecular complexity index is 922. The average Bonchev–Trinajstić information content (AvgIpc) is 2.75. The molecule has 1 saturated heterocycles. The van der Waals surface area contributed by atoms with E-state index in [0.29, 0.717) is 5.95 Å². The number of benzene rings is 2.